The number of amides is 1. The van der Waals surface area contributed by atoms with Crippen molar-refractivity contribution in [1.82, 2.24) is 19.5 Å². The lowest BCUT2D eigenvalue weighted by molar-refractivity contribution is 0.0671. The van der Waals surface area contributed by atoms with Crippen LogP contribution in [0.25, 0.3) is 16.9 Å². The lowest BCUT2D eigenvalue weighted by Crippen LogP contribution is -2.39. The monoisotopic (exact) mass is 466 g/mol. The lowest BCUT2D eigenvalue weighted by atomic mass is 9.93. The third-order valence-corrected chi connectivity index (χ3v) is 7.84. The summed E-state index contributed by atoms with van der Waals surface area (Å²) < 4.78 is 16.8. The van der Waals surface area contributed by atoms with Gasteiger partial charge in [-0.1, -0.05) is 30.3 Å². The van der Waals surface area contributed by atoms with Gasteiger partial charge in [-0.3, -0.25) is 4.79 Å². The first kappa shape index (κ1) is 20.8. The quantitative estimate of drug-likeness (QED) is 0.368. The van der Waals surface area contributed by atoms with Gasteiger partial charge in [0, 0.05) is 29.8 Å². The highest BCUT2D eigenvalue weighted by atomic mass is 19.1. The van der Waals surface area contributed by atoms with Crippen LogP contribution in [0.4, 0.5) is 4.39 Å². The Morgan fingerprint density at radius 2 is 1.80 bits per heavy atom. The fourth-order valence-corrected chi connectivity index (χ4v) is 5.51. The SMILES string of the molecule is C[C@@H]1c2ccccc2CCN1C(=O)c1cc(C2CC2)n2nc(-c3ccc(C4CC4)cc3F)cc2n1. The summed E-state index contributed by atoms with van der Waals surface area (Å²) in [5.41, 5.74) is 6.65. The number of nitrogens with zero attached hydrogens (tertiary/aromatic N) is 4. The molecule has 0 N–H and O–H groups in total. The van der Waals surface area contributed by atoms with Crippen LogP contribution in [0.2, 0.25) is 0 Å². The molecule has 7 rings (SSSR count). The normalized spacial score (nSPS) is 19.7. The van der Waals surface area contributed by atoms with E-state index >= 15 is 4.39 Å². The van der Waals surface area contributed by atoms with E-state index < -0.39 is 0 Å². The number of rotatable bonds is 4. The zero-order chi connectivity index (χ0) is 23.7. The van der Waals surface area contributed by atoms with E-state index in [2.05, 4.69) is 25.1 Å². The lowest BCUT2D eigenvalue weighted by Gasteiger charge is -2.35. The molecule has 1 amide bonds. The maximum absolute atomic E-state index is 15.0. The molecule has 3 heterocycles. The van der Waals surface area contributed by atoms with Crippen LogP contribution in [0.3, 0.4) is 0 Å². The summed E-state index contributed by atoms with van der Waals surface area (Å²) in [5, 5.41) is 4.74. The topological polar surface area (TPSA) is 50.5 Å². The first-order valence-electron chi connectivity index (χ1n) is 12.7. The van der Waals surface area contributed by atoms with Crippen LogP contribution >= 0.6 is 0 Å². The Hall–Kier alpha value is -3.54. The van der Waals surface area contributed by atoms with E-state index in [-0.39, 0.29) is 17.8 Å². The van der Waals surface area contributed by atoms with Gasteiger partial charge in [-0.05, 0) is 79.8 Å². The molecule has 0 saturated heterocycles. The number of fused-ring (bicyclic) bond motifs is 2. The molecule has 3 aliphatic rings. The van der Waals surface area contributed by atoms with Crippen molar-refractivity contribution in [3.63, 3.8) is 0 Å². The predicted molar refractivity (Wildman–Crippen MR) is 132 cm³/mol. The van der Waals surface area contributed by atoms with Crippen LogP contribution in [-0.4, -0.2) is 31.9 Å². The molecule has 35 heavy (non-hydrogen) atoms. The molecule has 0 spiro atoms. The number of aromatic nitrogens is 3. The zero-order valence-electron chi connectivity index (χ0n) is 19.7. The van der Waals surface area contributed by atoms with E-state index in [0.29, 0.717) is 41.0 Å². The fourth-order valence-electron chi connectivity index (χ4n) is 5.51. The molecule has 2 fully saturated rings. The number of benzene rings is 2. The maximum Gasteiger partial charge on any atom is 0.273 e. The van der Waals surface area contributed by atoms with Crippen molar-refractivity contribution in [2.24, 2.45) is 0 Å². The minimum absolute atomic E-state index is 0.00518. The van der Waals surface area contributed by atoms with Crippen LogP contribution < -0.4 is 0 Å². The van der Waals surface area contributed by atoms with Crippen molar-refractivity contribution in [3.8, 4) is 11.3 Å². The van der Waals surface area contributed by atoms with Crippen molar-refractivity contribution in [2.45, 2.75) is 56.9 Å². The molecule has 0 radical (unpaired) electrons. The molecule has 4 aromatic rings. The second kappa shape index (κ2) is 7.74. The minimum atomic E-state index is -0.247. The fraction of sp³-hybridized carbons (Fsp3) is 0.345. The van der Waals surface area contributed by atoms with Gasteiger partial charge in [0.1, 0.15) is 11.5 Å². The van der Waals surface area contributed by atoms with Gasteiger partial charge in [0.15, 0.2) is 5.65 Å². The Morgan fingerprint density at radius 1 is 1.00 bits per heavy atom. The molecule has 2 aromatic heterocycles. The number of hydrogen-bond donors (Lipinski definition) is 0. The Bertz CT molecular complexity index is 1480. The second-order valence-electron chi connectivity index (χ2n) is 10.3. The molecule has 2 saturated carbocycles. The van der Waals surface area contributed by atoms with E-state index in [9.17, 15) is 4.79 Å². The zero-order valence-corrected chi connectivity index (χ0v) is 19.7. The van der Waals surface area contributed by atoms with E-state index in [1.807, 2.05) is 39.7 Å². The average molecular weight is 467 g/mol. The summed E-state index contributed by atoms with van der Waals surface area (Å²) in [7, 11) is 0. The summed E-state index contributed by atoms with van der Waals surface area (Å²) in [6.07, 6.45) is 5.26. The van der Waals surface area contributed by atoms with Crippen molar-refractivity contribution in [1.29, 1.82) is 0 Å². The smallest absolute Gasteiger partial charge is 0.273 e. The molecule has 5 nitrogen and oxygen atoms in total. The van der Waals surface area contributed by atoms with Crippen LogP contribution in [0.15, 0.2) is 54.6 Å². The highest BCUT2D eigenvalue weighted by Gasteiger charge is 2.32. The van der Waals surface area contributed by atoms with Gasteiger partial charge >= 0.3 is 0 Å². The van der Waals surface area contributed by atoms with Crippen LogP contribution in [0.5, 0.6) is 0 Å². The highest BCUT2D eigenvalue weighted by Crippen LogP contribution is 2.42. The molecule has 1 aliphatic heterocycles. The van der Waals surface area contributed by atoms with Crippen molar-refractivity contribution in [3.05, 3.63) is 88.5 Å². The molecule has 6 heteroatoms. The summed E-state index contributed by atoms with van der Waals surface area (Å²) in [5.74, 6) is 0.559. The Labute approximate surface area is 203 Å². The van der Waals surface area contributed by atoms with Crippen molar-refractivity contribution < 1.29 is 9.18 Å². The number of carbonyl (C=O) groups excluding carboxylic acids is 1. The first-order chi connectivity index (χ1) is 17.1. The van der Waals surface area contributed by atoms with Crippen LogP contribution in [0, 0.1) is 5.82 Å². The Kier molecular flexibility index (Phi) is 4.60. The Balaban J connectivity index is 1.27. The van der Waals surface area contributed by atoms with Crippen LogP contribution in [-0.2, 0) is 6.42 Å². The average Bonchev–Trinajstić information content (AvgIpc) is 3.80. The standard InChI is InChI=1S/C29H27FN4O/c1-17-22-5-3-2-4-19(22)12-13-33(17)29(35)26-15-27(20-8-9-20)34-28(31-26)16-25(32-34)23-11-10-21(14-24(23)30)18-6-7-18/h2-5,10-11,14-18,20H,6-9,12-13H2,1H3/t17-/m1/s1. The van der Waals surface area contributed by atoms with Crippen LogP contribution in [0.1, 0.15) is 83.4 Å². The summed E-state index contributed by atoms with van der Waals surface area (Å²) >= 11 is 0. The molecule has 176 valence electrons. The summed E-state index contributed by atoms with van der Waals surface area (Å²) in [6.45, 7) is 2.76. The van der Waals surface area contributed by atoms with E-state index in [4.69, 9.17) is 10.1 Å². The second-order valence-corrected chi connectivity index (χ2v) is 10.3. The molecule has 0 bridgehead atoms. The van der Waals surface area contributed by atoms with Crippen molar-refractivity contribution in [2.75, 3.05) is 6.54 Å². The highest BCUT2D eigenvalue weighted by molar-refractivity contribution is 5.93. The van der Waals surface area contributed by atoms with Gasteiger partial charge in [0.2, 0.25) is 0 Å². The van der Waals surface area contributed by atoms with Crippen molar-refractivity contribution >= 4 is 11.6 Å². The molecular weight excluding hydrogens is 439 g/mol. The van der Waals surface area contributed by atoms with E-state index in [1.54, 1.807) is 6.07 Å². The number of halogens is 1. The number of carbonyl (C=O) groups is 1. The first-order valence-corrected chi connectivity index (χ1v) is 12.7. The number of hydrogen-bond acceptors (Lipinski definition) is 3. The van der Waals surface area contributed by atoms with Gasteiger partial charge in [-0.25, -0.2) is 13.9 Å². The Morgan fingerprint density at radius 3 is 2.57 bits per heavy atom. The molecule has 2 aliphatic carbocycles. The van der Waals surface area contributed by atoms with Gasteiger partial charge in [0.25, 0.3) is 5.91 Å². The molecule has 2 aromatic carbocycles. The minimum Gasteiger partial charge on any atom is -0.330 e. The van der Waals surface area contributed by atoms with Gasteiger partial charge in [-0.2, -0.15) is 5.10 Å². The summed E-state index contributed by atoms with van der Waals surface area (Å²) in [6, 6.07) is 17.6. The van der Waals surface area contributed by atoms with Gasteiger partial charge in [0.05, 0.1) is 11.7 Å². The molecule has 1 atom stereocenters. The summed E-state index contributed by atoms with van der Waals surface area (Å²) in [4.78, 5) is 20.3. The third-order valence-electron chi connectivity index (χ3n) is 7.84. The predicted octanol–water partition coefficient (Wildman–Crippen LogP) is 6.05. The maximum atomic E-state index is 15.0. The van der Waals surface area contributed by atoms with Gasteiger partial charge < -0.3 is 4.90 Å². The molecule has 0 unspecified atom stereocenters. The van der Waals surface area contributed by atoms with E-state index in [0.717, 1.165) is 43.4 Å². The third kappa shape index (κ3) is 3.54. The largest absolute Gasteiger partial charge is 0.330 e. The van der Waals surface area contributed by atoms with E-state index in [1.165, 1.54) is 11.1 Å². The van der Waals surface area contributed by atoms with Gasteiger partial charge in [-0.15, -0.1) is 0 Å². The molecular formula is C29H27FN4O.